The summed E-state index contributed by atoms with van der Waals surface area (Å²) in [6.45, 7) is 3.47. The first-order valence-electron chi connectivity index (χ1n) is 10.6. The summed E-state index contributed by atoms with van der Waals surface area (Å²) in [4.78, 5) is 14.4. The van der Waals surface area contributed by atoms with Crippen LogP contribution in [0.5, 0.6) is 11.5 Å². The van der Waals surface area contributed by atoms with Gasteiger partial charge in [-0.2, -0.15) is 4.31 Å². The first kappa shape index (κ1) is 22.1. The highest BCUT2D eigenvalue weighted by Crippen LogP contribution is 2.22. The van der Waals surface area contributed by atoms with E-state index in [0.29, 0.717) is 31.2 Å². The number of hydrogen-bond donors (Lipinski definition) is 0. The molecule has 1 aliphatic rings. The maximum Gasteiger partial charge on any atom is 0.260 e. The summed E-state index contributed by atoms with van der Waals surface area (Å²) in [7, 11) is -3.61. The number of sulfonamides is 1. The van der Waals surface area contributed by atoms with Crippen molar-refractivity contribution in [1.82, 2.24) is 9.21 Å². The summed E-state index contributed by atoms with van der Waals surface area (Å²) < 4.78 is 38.3. The van der Waals surface area contributed by atoms with Gasteiger partial charge in [0, 0.05) is 26.2 Å². The maximum absolute atomic E-state index is 12.9. The highest BCUT2D eigenvalue weighted by atomic mass is 32.2. The van der Waals surface area contributed by atoms with E-state index < -0.39 is 10.0 Å². The van der Waals surface area contributed by atoms with E-state index in [2.05, 4.69) is 0 Å². The molecular formula is C24H26N2O5S. The van der Waals surface area contributed by atoms with E-state index in [1.54, 1.807) is 29.2 Å². The SMILES string of the molecule is CCOc1ccc(S(=O)(=O)N2CCN(C(=O)COc3ccc4ccccc4c3)CC2)cc1. The van der Waals surface area contributed by atoms with Gasteiger partial charge < -0.3 is 14.4 Å². The van der Waals surface area contributed by atoms with Gasteiger partial charge >= 0.3 is 0 Å². The third-order valence-electron chi connectivity index (χ3n) is 5.45. The standard InChI is InChI=1S/C24H26N2O5S/c1-2-30-21-9-11-23(12-10-21)32(28,29)26-15-13-25(14-16-26)24(27)18-31-22-8-7-19-5-3-4-6-20(19)17-22/h3-12,17H,2,13-16,18H2,1H3. The van der Waals surface area contributed by atoms with Gasteiger partial charge in [-0.15, -0.1) is 0 Å². The third kappa shape index (κ3) is 4.87. The van der Waals surface area contributed by atoms with Gasteiger partial charge in [-0.25, -0.2) is 8.42 Å². The van der Waals surface area contributed by atoms with Gasteiger partial charge in [0.1, 0.15) is 11.5 Å². The molecule has 0 bridgehead atoms. The van der Waals surface area contributed by atoms with Crippen LogP contribution in [-0.4, -0.2) is 62.9 Å². The zero-order chi connectivity index (χ0) is 22.6. The van der Waals surface area contributed by atoms with Crippen LogP contribution in [0.3, 0.4) is 0 Å². The van der Waals surface area contributed by atoms with E-state index in [-0.39, 0.29) is 30.5 Å². The van der Waals surface area contributed by atoms with Crippen molar-refractivity contribution in [1.29, 1.82) is 0 Å². The lowest BCUT2D eigenvalue weighted by molar-refractivity contribution is -0.134. The molecule has 168 valence electrons. The van der Waals surface area contributed by atoms with Gasteiger partial charge in [-0.1, -0.05) is 30.3 Å². The monoisotopic (exact) mass is 454 g/mol. The minimum Gasteiger partial charge on any atom is -0.494 e. The molecule has 0 N–H and O–H groups in total. The number of benzene rings is 3. The van der Waals surface area contributed by atoms with Crippen molar-refractivity contribution in [3.8, 4) is 11.5 Å². The van der Waals surface area contributed by atoms with Crippen LogP contribution in [-0.2, 0) is 14.8 Å². The molecule has 1 aliphatic heterocycles. The Balaban J connectivity index is 1.31. The first-order valence-corrected chi connectivity index (χ1v) is 12.0. The summed E-state index contributed by atoms with van der Waals surface area (Å²) in [5, 5.41) is 2.15. The Hall–Kier alpha value is -3.10. The van der Waals surface area contributed by atoms with Gasteiger partial charge in [0.2, 0.25) is 10.0 Å². The third-order valence-corrected chi connectivity index (χ3v) is 7.36. The van der Waals surface area contributed by atoms with Crippen LogP contribution in [0.25, 0.3) is 10.8 Å². The Kier molecular flexibility index (Phi) is 6.62. The van der Waals surface area contributed by atoms with Crippen molar-refractivity contribution in [2.24, 2.45) is 0 Å². The summed E-state index contributed by atoms with van der Waals surface area (Å²) in [5.74, 6) is 1.11. The number of carbonyl (C=O) groups excluding carboxylic acids is 1. The summed E-state index contributed by atoms with van der Waals surface area (Å²) in [6.07, 6.45) is 0. The van der Waals surface area contributed by atoms with Gasteiger partial charge in [0.15, 0.2) is 6.61 Å². The average Bonchev–Trinajstić information content (AvgIpc) is 2.83. The molecule has 3 aromatic carbocycles. The Labute approximate surface area is 188 Å². The molecule has 8 heteroatoms. The highest BCUT2D eigenvalue weighted by Gasteiger charge is 2.30. The fourth-order valence-corrected chi connectivity index (χ4v) is 5.12. The number of fused-ring (bicyclic) bond motifs is 1. The minimum atomic E-state index is -3.61. The van der Waals surface area contributed by atoms with Crippen LogP contribution in [0.2, 0.25) is 0 Å². The predicted molar refractivity (Wildman–Crippen MR) is 122 cm³/mol. The molecular weight excluding hydrogens is 428 g/mol. The zero-order valence-electron chi connectivity index (χ0n) is 17.9. The van der Waals surface area contributed by atoms with Crippen molar-refractivity contribution in [2.75, 3.05) is 39.4 Å². The van der Waals surface area contributed by atoms with E-state index in [1.807, 2.05) is 49.4 Å². The molecule has 32 heavy (non-hydrogen) atoms. The van der Waals surface area contributed by atoms with Crippen LogP contribution in [0.4, 0.5) is 0 Å². The Bertz CT molecular complexity index is 1190. The second-order valence-corrected chi connectivity index (χ2v) is 9.42. The second-order valence-electron chi connectivity index (χ2n) is 7.49. The summed E-state index contributed by atoms with van der Waals surface area (Å²) in [6, 6.07) is 20.1. The van der Waals surface area contributed by atoms with E-state index >= 15 is 0 Å². The topological polar surface area (TPSA) is 76.2 Å². The van der Waals surface area contributed by atoms with Crippen LogP contribution >= 0.6 is 0 Å². The van der Waals surface area contributed by atoms with E-state index in [4.69, 9.17) is 9.47 Å². The fraction of sp³-hybridized carbons (Fsp3) is 0.292. The van der Waals surface area contributed by atoms with Crippen molar-refractivity contribution in [2.45, 2.75) is 11.8 Å². The lowest BCUT2D eigenvalue weighted by Gasteiger charge is -2.34. The Morgan fingerprint density at radius 3 is 2.19 bits per heavy atom. The molecule has 0 radical (unpaired) electrons. The fourth-order valence-electron chi connectivity index (χ4n) is 3.69. The van der Waals surface area contributed by atoms with Crippen LogP contribution < -0.4 is 9.47 Å². The van der Waals surface area contributed by atoms with E-state index in [1.165, 1.54) is 4.31 Å². The number of amides is 1. The van der Waals surface area contributed by atoms with Gasteiger partial charge in [0.05, 0.1) is 11.5 Å². The molecule has 0 saturated carbocycles. The number of ether oxygens (including phenoxy) is 2. The lowest BCUT2D eigenvalue weighted by Crippen LogP contribution is -2.51. The molecule has 1 fully saturated rings. The predicted octanol–water partition coefficient (Wildman–Crippen LogP) is 3.15. The summed E-state index contributed by atoms with van der Waals surface area (Å²) in [5.41, 5.74) is 0. The number of hydrogen-bond acceptors (Lipinski definition) is 5. The van der Waals surface area contributed by atoms with Crippen molar-refractivity contribution < 1.29 is 22.7 Å². The number of carbonyl (C=O) groups is 1. The quantitative estimate of drug-likeness (QED) is 0.548. The lowest BCUT2D eigenvalue weighted by atomic mass is 10.1. The van der Waals surface area contributed by atoms with Gasteiger partial charge in [-0.3, -0.25) is 4.79 Å². The van der Waals surface area contributed by atoms with Gasteiger partial charge in [0.25, 0.3) is 5.91 Å². The molecule has 1 heterocycles. The molecule has 0 aliphatic carbocycles. The molecule has 0 unspecified atom stereocenters. The van der Waals surface area contributed by atoms with E-state index in [0.717, 1.165) is 10.8 Å². The zero-order valence-corrected chi connectivity index (χ0v) is 18.8. The molecule has 1 saturated heterocycles. The highest BCUT2D eigenvalue weighted by molar-refractivity contribution is 7.89. The molecule has 0 atom stereocenters. The second kappa shape index (κ2) is 9.58. The van der Waals surface area contributed by atoms with Crippen molar-refractivity contribution in [3.05, 3.63) is 66.7 Å². The number of rotatable bonds is 7. The summed E-state index contributed by atoms with van der Waals surface area (Å²) >= 11 is 0. The molecule has 0 aromatic heterocycles. The number of piperazine rings is 1. The first-order chi connectivity index (χ1) is 15.5. The van der Waals surface area contributed by atoms with Crippen LogP contribution in [0.15, 0.2) is 71.6 Å². The Morgan fingerprint density at radius 2 is 1.50 bits per heavy atom. The molecule has 7 nitrogen and oxygen atoms in total. The van der Waals surface area contributed by atoms with Gasteiger partial charge in [-0.05, 0) is 54.1 Å². The Morgan fingerprint density at radius 1 is 0.844 bits per heavy atom. The maximum atomic E-state index is 12.9. The van der Waals surface area contributed by atoms with Crippen molar-refractivity contribution >= 4 is 26.7 Å². The number of nitrogens with zero attached hydrogens (tertiary/aromatic N) is 2. The van der Waals surface area contributed by atoms with Crippen LogP contribution in [0.1, 0.15) is 6.92 Å². The molecule has 3 aromatic rings. The van der Waals surface area contributed by atoms with Crippen LogP contribution in [0, 0.1) is 0 Å². The van der Waals surface area contributed by atoms with E-state index in [9.17, 15) is 13.2 Å². The van der Waals surface area contributed by atoms with Crippen molar-refractivity contribution in [3.63, 3.8) is 0 Å². The molecule has 4 rings (SSSR count). The average molecular weight is 455 g/mol. The minimum absolute atomic E-state index is 0.0794. The smallest absolute Gasteiger partial charge is 0.260 e. The normalized spacial score (nSPS) is 15.0. The molecule has 0 spiro atoms. The molecule has 1 amide bonds. The largest absolute Gasteiger partial charge is 0.494 e.